The minimum Gasteiger partial charge on any atom is -0.354 e. The van der Waals surface area contributed by atoms with E-state index in [9.17, 15) is 4.79 Å². The lowest BCUT2D eigenvalue weighted by Crippen LogP contribution is -2.31. The highest BCUT2D eigenvalue weighted by molar-refractivity contribution is 5.94. The van der Waals surface area contributed by atoms with Crippen molar-refractivity contribution in [3.05, 3.63) is 53.9 Å². The lowest BCUT2D eigenvalue weighted by atomic mass is 10.0. The molecule has 0 bridgehead atoms. The molecule has 0 saturated heterocycles. The summed E-state index contributed by atoms with van der Waals surface area (Å²) in [5, 5.41) is 6.28. The third kappa shape index (κ3) is 5.06. The van der Waals surface area contributed by atoms with E-state index in [0.29, 0.717) is 18.0 Å². The first-order valence-electron chi connectivity index (χ1n) is 8.21. The van der Waals surface area contributed by atoms with Crippen LogP contribution in [0.3, 0.4) is 0 Å². The zero-order valence-electron chi connectivity index (χ0n) is 14.8. The molecule has 2 aromatic rings. The molecule has 1 aromatic carbocycles. The number of para-hydroxylation sites is 1. The second-order valence-electron chi connectivity index (χ2n) is 6.39. The standard InChI is InChI=1S/C19H26N4O/c1-14(2)17-7-5-6-8-18(17)22-16-11-15(12-20-13-16)19(24)21-9-10-23(3)4/h5-8,11-14,22H,9-10H2,1-4H3,(H,21,24). The number of benzene rings is 1. The molecule has 0 spiro atoms. The molecule has 1 heterocycles. The Morgan fingerprint density at radius 1 is 1.21 bits per heavy atom. The van der Waals surface area contributed by atoms with Gasteiger partial charge in [-0.05, 0) is 37.7 Å². The maximum absolute atomic E-state index is 12.2. The smallest absolute Gasteiger partial charge is 0.252 e. The van der Waals surface area contributed by atoms with E-state index in [1.165, 1.54) is 5.56 Å². The first kappa shape index (κ1) is 17.9. The van der Waals surface area contributed by atoms with Crippen molar-refractivity contribution in [3.63, 3.8) is 0 Å². The Labute approximate surface area is 144 Å². The predicted molar refractivity (Wildman–Crippen MR) is 98.9 cm³/mol. The van der Waals surface area contributed by atoms with Gasteiger partial charge in [0.05, 0.1) is 17.4 Å². The number of pyridine rings is 1. The fourth-order valence-corrected chi connectivity index (χ4v) is 2.40. The van der Waals surface area contributed by atoms with Gasteiger partial charge in [-0.25, -0.2) is 0 Å². The lowest BCUT2D eigenvalue weighted by Gasteiger charge is -2.15. The van der Waals surface area contributed by atoms with Crippen LogP contribution in [0.15, 0.2) is 42.7 Å². The highest BCUT2D eigenvalue weighted by Gasteiger charge is 2.09. The highest BCUT2D eigenvalue weighted by Crippen LogP contribution is 2.26. The van der Waals surface area contributed by atoms with Crippen LogP contribution in [-0.2, 0) is 0 Å². The van der Waals surface area contributed by atoms with E-state index in [1.54, 1.807) is 12.4 Å². The van der Waals surface area contributed by atoms with Gasteiger partial charge in [0, 0.05) is 25.0 Å². The summed E-state index contributed by atoms with van der Waals surface area (Å²) in [4.78, 5) is 18.4. The zero-order chi connectivity index (χ0) is 17.5. The Morgan fingerprint density at radius 2 is 1.96 bits per heavy atom. The first-order chi connectivity index (χ1) is 11.5. The van der Waals surface area contributed by atoms with Gasteiger partial charge in [0.25, 0.3) is 5.91 Å². The number of nitrogens with one attached hydrogen (secondary N) is 2. The Hall–Kier alpha value is -2.40. The Kier molecular flexibility index (Phi) is 6.32. The van der Waals surface area contributed by atoms with Crippen LogP contribution in [0.1, 0.15) is 35.7 Å². The monoisotopic (exact) mass is 326 g/mol. The summed E-state index contributed by atoms with van der Waals surface area (Å²) < 4.78 is 0. The van der Waals surface area contributed by atoms with Crippen molar-refractivity contribution in [2.75, 3.05) is 32.5 Å². The normalized spacial score (nSPS) is 10.9. The molecule has 0 aliphatic rings. The molecule has 2 N–H and O–H groups in total. The van der Waals surface area contributed by atoms with Crippen molar-refractivity contribution in [2.45, 2.75) is 19.8 Å². The van der Waals surface area contributed by atoms with Gasteiger partial charge in [0.2, 0.25) is 0 Å². The minimum absolute atomic E-state index is 0.106. The average molecular weight is 326 g/mol. The molecule has 1 amide bonds. The Morgan fingerprint density at radius 3 is 2.67 bits per heavy atom. The van der Waals surface area contributed by atoms with Crippen LogP contribution in [-0.4, -0.2) is 43.0 Å². The van der Waals surface area contributed by atoms with Crippen LogP contribution in [0.2, 0.25) is 0 Å². The molecule has 0 unspecified atom stereocenters. The van der Waals surface area contributed by atoms with Gasteiger partial charge in [0.1, 0.15) is 0 Å². The summed E-state index contributed by atoms with van der Waals surface area (Å²) in [6, 6.07) is 10.0. The fraction of sp³-hybridized carbons (Fsp3) is 0.368. The van der Waals surface area contributed by atoms with Gasteiger partial charge in [0.15, 0.2) is 0 Å². The van der Waals surface area contributed by atoms with E-state index in [1.807, 2.05) is 43.3 Å². The fourth-order valence-electron chi connectivity index (χ4n) is 2.40. The van der Waals surface area contributed by atoms with Gasteiger partial charge < -0.3 is 15.5 Å². The van der Waals surface area contributed by atoms with E-state index in [4.69, 9.17) is 0 Å². The number of aromatic nitrogens is 1. The molecule has 128 valence electrons. The van der Waals surface area contributed by atoms with Crippen LogP contribution < -0.4 is 10.6 Å². The first-order valence-corrected chi connectivity index (χ1v) is 8.21. The zero-order valence-corrected chi connectivity index (χ0v) is 14.8. The molecule has 0 aliphatic carbocycles. The van der Waals surface area contributed by atoms with Gasteiger partial charge in [-0.3, -0.25) is 9.78 Å². The minimum atomic E-state index is -0.106. The van der Waals surface area contributed by atoms with E-state index in [-0.39, 0.29) is 5.91 Å². The summed E-state index contributed by atoms with van der Waals surface area (Å²) in [7, 11) is 3.95. The van der Waals surface area contributed by atoms with Gasteiger partial charge >= 0.3 is 0 Å². The molecule has 5 nitrogen and oxygen atoms in total. The van der Waals surface area contributed by atoms with Crippen molar-refractivity contribution in [1.82, 2.24) is 15.2 Å². The number of carbonyl (C=O) groups excluding carboxylic acids is 1. The number of hydrogen-bond donors (Lipinski definition) is 2. The molecule has 24 heavy (non-hydrogen) atoms. The summed E-state index contributed by atoms with van der Waals surface area (Å²) in [6.07, 6.45) is 3.32. The summed E-state index contributed by atoms with van der Waals surface area (Å²) in [6.45, 7) is 5.74. The molecule has 1 aromatic heterocycles. The topological polar surface area (TPSA) is 57.3 Å². The quantitative estimate of drug-likeness (QED) is 0.820. The number of amides is 1. The van der Waals surface area contributed by atoms with Crippen LogP contribution in [0.25, 0.3) is 0 Å². The molecule has 0 saturated carbocycles. The van der Waals surface area contributed by atoms with Crippen molar-refractivity contribution < 1.29 is 4.79 Å². The largest absolute Gasteiger partial charge is 0.354 e. The highest BCUT2D eigenvalue weighted by atomic mass is 16.1. The van der Waals surface area contributed by atoms with Gasteiger partial charge in [-0.1, -0.05) is 32.0 Å². The number of carbonyl (C=O) groups is 1. The molecule has 0 atom stereocenters. The number of nitrogens with zero attached hydrogens (tertiary/aromatic N) is 2. The third-order valence-electron chi connectivity index (χ3n) is 3.71. The van der Waals surface area contributed by atoms with Gasteiger partial charge in [-0.15, -0.1) is 0 Å². The van der Waals surface area contributed by atoms with E-state index >= 15 is 0 Å². The average Bonchev–Trinajstić information content (AvgIpc) is 2.55. The van der Waals surface area contributed by atoms with Gasteiger partial charge in [-0.2, -0.15) is 0 Å². The van der Waals surface area contributed by atoms with Crippen LogP contribution >= 0.6 is 0 Å². The second kappa shape index (κ2) is 8.45. The van der Waals surface area contributed by atoms with Crippen molar-refractivity contribution in [2.24, 2.45) is 0 Å². The summed E-state index contributed by atoms with van der Waals surface area (Å²) in [5.41, 5.74) is 3.64. The number of anilines is 2. The van der Waals surface area contributed by atoms with E-state index < -0.39 is 0 Å². The van der Waals surface area contributed by atoms with Crippen molar-refractivity contribution in [3.8, 4) is 0 Å². The van der Waals surface area contributed by atoms with Crippen LogP contribution in [0, 0.1) is 0 Å². The van der Waals surface area contributed by atoms with Crippen molar-refractivity contribution >= 4 is 17.3 Å². The van der Waals surface area contributed by atoms with Crippen LogP contribution in [0.5, 0.6) is 0 Å². The molecule has 0 fully saturated rings. The lowest BCUT2D eigenvalue weighted by molar-refractivity contribution is 0.0950. The number of likely N-dealkylation sites (N-methyl/N-ethyl adjacent to an activating group) is 1. The Bertz CT molecular complexity index is 683. The summed E-state index contributed by atoms with van der Waals surface area (Å²) in [5.74, 6) is 0.310. The van der Waals surface area contributed by atoms with Crippen molar-refractivity contribution in [1.29, 1.82) is 0 Å². The molecule has 0 radical (unpaired) electrons. The molecule has 0 aliphatic heterocycles. The maximum atomic E-state index is 12.2. The third-order valence-corrected chi connectivity index (χ3v) is 3.71. The second-order valence-corrected chi connectivity index (χ2v) is 6.39. The molecular weight excluding hydrogens is 300 g/mol. The predicted octanol–water partition coefficient (Wildman–Crippen LogP) is 3.24. The molecular formula is C19H26N4O. The summed E-state index contributed by atoms with van der Waals surface area (Å²) >= 11 is 0. The Balaban J connectivity index is 2.09. The van der Waals surface area contributed by atoms with Crippen LogP contribution in [0.4, 0.5) is 11.4 Å². The number of hydrogen-bond acceptors (Lipinski definition) is 4. The number of rotatable bonds is 7. The van der Waals surface area contributed by atoms with E-state index in [0.717, 1.165) is 17.9 Å². The SMILES string of the molecule is CC(C)c1ccccc1Nc1cncc(C(=O)NCCN(C)C)c1. The molecule has 5 heteroatoms. The van der Waals surface area contributed by atoms with E-state index in [2.05, 4.69) is 35.5 Å². The maximum Gasteiger partial charge on any atom is 0.252 e. The molecule has 2 rings (SSSR count).